The average Bonchev–Trinajstić information content (AvgIpc) is 2.76. The van der Waals surface area contributed by atoms with E-state index in [1.54, 1.807) is 30.3 Å². The van der Waals surface area contributed by atoms with Crippen LogP contribution in [0.2, 0.25) is 0 Å². The van der Waals surface area contributed by atoms with Crippen LogP contribution >= 0.6 is 0 Å². The Morgan fingerprint density at radius 1 is 1.03 bits per heavy atom. The number of anilines is 1. The topological polar surface area (TPSA) is 99.0 Å². The Hall–Kier alpha value is -3.68. The van der Waals surface area contributed by atoms with Gasteiger partial charge in [-0.05, 0) is 24.0 Å². The molecule has 0 bridgehead atoms. The van der Waals surface area contributed by atoms with E-state index in [1.165, 1.54) is 25.2 Å². The van der Waals surface area contributed by atoms with Gasteiger partial charge < -0.3 is 9.47 Å². The molecule has 1 aliphatic carbocycles. The van der Waals surface area contributed by atoms with Gasteiger partial charge in [0.25, 0.3) is 5.69 Å². The van der Waals surface area contributed by atoms with Crippen LogP contribution in [0.1, 0.15) is 44.6 Å². The van der Waals surface area contributed by atoms with Gasteiger partial charge in [-0.25, -0.2) is 0 Å². The normalized spacial score (nSPS) is 19.9. The van der Waals surface area contributed by atoms with Crippen LogP contribution in [-0.2, 0) is 9.59 Å². The van der Waals surface area contributed by atoms with Gasteiger partial charge in [-0.15, -0.1) is 0 Å². The molecule has 1 aliphatic heterocycles. The number of hydrogen-bond donors (Lipinski definition) is 0. The summed E-state index contributed by atoms with van der Waals surface area (Å²) in [4.78, 5) is 39.6. The van der Waals surface area contributed by atoms with E-state index in [4.69, 9.17) is 9.47 Å². The lowest BCUT2D eigenvalue weighted by Gasteiger charge is -2.42. The highest BCUT2D eigenvalue weighted by Gasteiger charge is 2.46. The van der Waals surface area contributed by atoms with E-state index in [2.05, 4.69) is 0 Å². The molecule has 33 heavy (non-hydrogen) atoms. The van der Waals surface area contributed by atoms with Gasteiger partial charge in [-0.1, -0.05) is 38.1 Å². The lowest BCUT2D eigenvalue weighted by Crippen LogP contribution is -2.44. The van der Waals surface area contributed by atoms with Gasteiger partial charge in [0.1, 0.15) is 5.69 Å². The van der Waals surface area contributed by atoms with Crippen molar-refractivity contribution in [3.63, 3.8) is 0 Å². The van der Waals surface area contributed by atoms with Crippen molar-refractivity contribution in [1.29, 1.82) is 0 Å². The highest BCUT2D eigenvalue weighted by molar-refractivity contribution is 6.08. The van der Waals surface area contributed by atoms with Gasteiger partial charge in [0.2, 0.25) is 5.91 Å². The fourth-order valence-corrected chi connectivity index (χ4v) is 4.95. The third kappa shape index (κ3) is 3.86. The number of nitro groups is 1. The molecule has 0 saturated carbocycles. The molecule has 0 N–H and O–H groups in total. The summed E-state index contributed by atoms with van der Waals surface area (Å²) < 4.78 is 11.0. The molecule has 1 unspecified atom stereocenters. The monoisotopic (exact) mass is 450 g/mol. The fraction of sp³-hybridized carbons (Fsp3) is 0.360. The third-order valence-electron chi connectivity index (χ3n) is 6.27. The molecule has 1 heterocycles. The van der Waals surface area contributed by atoms with Crippen LogP contribution in [0, 0.1) is 15.5 Å². The minimum Gasteiger partial charge on any atom is -0.493 e. The molecule has 8 heteroatoms. The predicted molar refractivity (Wildman–Crippen MR) is 123 cm³/mol. The van der Waals surface area contributed by atoms with E-state index in [-0.39, 0.29) is 29.5 Å². The van der Waals surface area contributed by atoms with Crippen molar-refractivity contribution < 1.29 is 24.0 Å². The number of amides is 1. The second-order valence-electron chi connectivity index (χ2n) is 9.12. The smallest absolute Gasteiger partial charge is 0.293 e. The first-order valence-electron chi connectivity index (χ1n) is 10.7. The molecule has 1 atom stereocenters. The number of nitrogens with zero attached hydrogens (tertiary/aromatic N) is 2. The van der Waals surface area contributed by atoms with Crippen molar-refractivity contribution in [2.45, 2.75) is 39.0 Å². The molecule has 2 aromatic rings. The Balaban J connectivity index is 1.97. The highest BCUT2D eigenvalue weighted by Crippen LogP contribution is 2.51. The van der Waals surface area contributed by atoms with Gasteiger partial charge in [0.05, 0.1) is 19.1 Å². The first kappa shape index (κ1) is 22.5. The van der Waals surface area contributed by atoms with Crippen LogP contribution < -0.4 is 14.4 Å². The quantitative estimate of drug-likeness (QED) is 0.480. The number of rotatable bonds is 5. The van der Waals surface area contributed by atoms with Crippen molar-refractivity contribution >= 4 is 23.1 Å². The van der Waals surface area contributed by atoms with Crippen LogP contribution in [0.5, 0.6) is 11.5 Å². The number of allylic oxidation sites excluding steroid dienone is 2. The van der Waals surface area contributed by atoms with Gasteiger partial charge in [0.15, 0.2) is 17.3 Å². The Bertz CT molecular complexity index is 1180. The number of ether oxygens (including phenoxy) is 2. The van der Waals surface area contributed by atoms with Gasteiger partial charge in [-0.3, -0.25) is 24.6 Å². The first-order valence-corrected chi connectivity index (χ1v) is 10.7. The summed E-state index contributed by atoms with van der Waals surface area (Å²) in [5.41, 5.74) is 1.34. The summed E-state index contributed by atoms with van der Waals surface area (Å²) in [7, 11) is 3.05. The summed E-state index contributed by atoms with van der Waals surface area (Å²) in [6, 6.07) is 11.5. The van der Waals surface area contributed by atoms with Crippen molar-refractivity contribution in [1.82, 2.24) is 0 Å². The number of para-hydroxylation sites is 3. The number of hydrogen-bond acceptors (Lipinski definition) is 6. The minimum absolute atomic E-state index is 0.0133. The summed E-state index contributed by atoms with van der Waals surface area (Å²) in [5.74, 6) is 0.0894. The number of carbonyl (C=O) groups is 2. The van der Waals surface area contributed by atoms with E-state index in [0.717, 1.165) is 0 Å². The summed E-state index contributed by atoms with van der Waals surface area (Å²) >= 11 is 0. The van der Waals surface area contributed by atoms with E-state index in [9.17, 15) is 19.7 Å². The zero-order chi connectivity index (χ0) is 23.9. The lowest BCUT2D eigenvalue weighted by molar-refractivity contribution is -0.384. The summed E-state index contributed by atoms with van der Waals surface area (Å²) in [5, 5.41) is 11.7. The third-order valence-corrected chi connectivity index (χ3v) is 6.27. The Kier molecular flexibility index (Phi) is 5.69. The fourth-order valence-electron chi connectivity index (χ4n) is 4.95. The Morgan fingerprint density at radius 3 is 2.42 bits per heavy atom. The van der Waals surface area contributed by atoms with Gasteiger partial charge in [0, 0.05) is 41.7 Å². The van der Waals surface area contributed by atoms with Crippen LogP contribution in [0.3, 0.4) is 0 Å². The minimum atomic E-state index is -0.528. The van der Waals surface area contributed by atoms with E-state index in [0.29, 0.717) is 41.2 Å². The molecule has 2 aliphatic rings. The maximum absolute atomic E-state index is 13.6. The molecule has 1 amide bonds. The number of nitro benzene ring substituents is 1. The van der Waals surface area contributed by atoms with Crippen molar-refractivity contribution in [2.75, 3.05) is 19.1 Å². The number of ketones is 1. The maximum atomic E-state index is 13.6. The molecular formula is C25H26N2O6. The number of methoxy groups -OCH3 is 2. The molecular weight excluding hydrogens is 424 g/mol. The van der Waals surface area contributed by atoms with Crippen molar-refractivity contribution in [3.8, 4) is 11.5 Å². The van der Waals surface area contributed by atoms with Crippen molar-refractivity contribution in [3.05, 3.63) is 69.4 Å². The number of benzene rings is 2. The SMILES string of the molecule is COc1cccc(C2CC(=O)N(c3ccccc3[N+](=O)[O-])C3=C2C(=O)CC(C)(C)C3)c1OC. The molecule has 2 aromatic carbocycles. The van der Waals surface area contributed by atoms with Crippen LogP contribution in [0.4, 0.5) is 11.4 Å². The second-order valence-corrected chi connectivity index (χ2v) is 9.12. The van der Waals surface area contributed by atoms with Crippen LogP contribution in [0.15, 0.2) is 53.7 Å². The van der Waals surface area contributed by atoms with Crippen molar-refractivity contribution in [2.24, 2.45) is 5.41 Å². The lowest BCUT2D eigenvalue weighted by atomic mass is 9.69. The van der Waals surface area contributed by atoms with Crippen LogP contribution in [0.25, 0.3) is 0 Å². The van der Waals surface area contributed by atoms with Crippen LogP contribution in [-0.4, -0.2) is 30.8 Å². The molecule has 0 saturated heterocycles. The standard InChI is InChI=1S/C25H26N2O6/c1-25(2)13-19-23(20(28)14-25)16(15-8-7-11-21(32-3)24(15)33-4)12-22(29)26(19)17-9-5-6-10-18(17)27(30)31/h5-11,16H,12-14H2,1-4H3. The largest absolute Gasteiger partial charge is 0.493 e. The van der Waals surface area contributed by atoms with E-state index >= 15 is 0 Å². The Labute approximate surface area is 191 Å². The van der Waals surface area contributed by atoms with E-state index in [1.807, 2.05) is 19.9 Å². The summed E-state index contributed by atoms with van der Waals surface area (Å²) in [6.45, 7) is 3.93. The molecule has 0 fully saturated rings. The second kappa shape index (κ2) is 8.35. The molecule has 8 nitrogen and oxygen atoms in total. The number of Topliss-reactive ketones (excluding diaryl/α,β-unsaturated/α-hetero) is 1. The van der Waals surface area contributed by atoms with Gasteiger partial charge >= 0.3 is 0 Å². The Morgan fingerprint density at radius 2 is 1.76 bits per heavy atom. The highest BCUT2D eigenvalue weighted by atomic mass is 16.6. The van der Waals surface area contributed by atoms with E-state index < -0.39 is 16.3 Å². The average molecular weight is 450 g/mol. The maximum Gasteiger partial charge on any atom is 0.293 e. The predicted octanol–water partition coefficient (Wildman–Crippen LogP) is 4.78. The zero-order valence-electron chi connectivity index (χ0n) is 19.1. The zero-order valence-corrected chi connectivity index (χ0v) is 19.1. The number of carbonyl (C=O) groups excluding carboxylic acids is 2. The molecule has 4 rings (SSSR count). The molecule has 172 valence electrons. The first-order chi connectivity index (χ1) is 15.7. The summed E-state index contributed by atoms with van der Waals surface area (Å²) in [6.07, 6.45) is 0.753. The molecule has 0 radical (unpaired) electrons. The van der Waals surface area contributed by atoms with Gasteiger partial charge in [-0.2, -0.15) is 0 Å². The molecule has 0 aromatic heterocycles. The molecule has 0 spiro atoms.